The van der Waals surface area contributed by atoms with Crippen LogP contribution in [0.2, 0.25) is 0 Å². The smallest absolute Gasteiger partial charge is 0.0828 e. The maximum absolute atomic E-state index is 8.77. The van der Waals surface area contributed by atoms with Crippen molar-refractivity contribution in [2.75, 3.05) is 6.54 Å². The standard InChI is InChI=1S/C9H15N3/c1-3-8(7(2)4-10)9-5-11-6-12-9/h6-9H,3,5H2,1-2H3,(H,11,12). The van der Waals surface area contributed by atoms with E-state index >= 15 is 0 Å². The van der Waals surface area contributed by atoms with Crippen molar-refractivity contribution in [3.8, 4) is 6.07 Å². The molecule has 3 atom stereocenters. The van der Waals surface area contributed by atoms with Crippen molar-refractivity contribution in [1.82, 2.24) is 5.32 Å². The number of hydrogen-bond acceptors (Lipinski definition) is 3. The van der Waals surface area contributed by atoms with Gasteiger partial charge in [-0.1, -0.05) is 6.92 Å². The van der Waals surface area contributed by atoms with Gasteiger partial charge in [-0.15, -0.1) is 0 Å². The van der Waals surface area contributed by atoms with Gasteiger partial charge in [-0.3, -0.25) is 4.99 Å². The summed E-state index contributed by atoms with van der Waals surface area (Å²) in [6.07, 6.45) is 2.77. The molecule has 0 saturated heterocycles. The van der Waals surface area contributed by atoms with Gasteiger partial charge in [0.15, 0.2) is 0 Å². The molecule has 0 spiro atoms. The first-order valence-electron chi connectivity index (χ1n) is 4.44. The monoisotopic (exact) mass is 165 g/mol. The number of nitrogens with one attached hydrogen (secondary N) is 1. The first-order valence-corrected chi connectivity index (χ1v) is 4.44. The van der Waals surface area contributed by atoms with E-state index in [1.54, 1.807) is 6.34 Å². The molecule has 0 radical (unpaired) electrons. The molecule has 0 aromatic rings. The van der Waals surface area contributed by atoms with Crippen LogP contribution in [0.3, 0.4) is 0 Å². The van der Waals surface area contributed by atoms with Crippen LogP contribution in [-0.2, 0) is 0 Å². The van der Waals surface area contributed by atoms with Crippen LogP contribution in [0.25, 0.3) is 0 Å². The van der Waals surface area contributed by atoms with E-state index < -0.39 is 0 Å². The minimum Gasteiger partial charge on any atom is -0.374 e. The molecule has 1 aliphatic heterocycles. The second-order valence-corrected chi connectivity index (χ2v) is 3.24. The summed E-state index contributed by atoms with van der Waals surface area (Å²) in [6, 6.07) is 2.60. The molecule has 1 N–H and O–H groups in total. The lowest BCUT2D eigenvalue weighted by molar-refractivity contribution is 0.350. The predicted octanol–water partition coefficient (Wildman–Crippen LogP) is 1.17. The van der Waals surface area contributed by atoms with Gasteiger partial charge in [-0.25, -0.2) is 0 Å². The van der Waals surface area contributed by atoms with E-state index in [0.29, 0.717) is 12.0 Å². The molecule has 3 nitrogen and oxygen atoms in total. The highest BCUT2D eigenvalue weighted by atomic mass is 15.0. The average Bonchev–Trinajstić information content (AvgIpc) is 2.58. The lowest BCUT2D eigenvalue weighted by atomic mass is 9.86. The highest BCUT2D eigenvalue weighted by molar-refractivity contribution is 5.57. The van der Waals surface area contributed by atoms with Crippen LogP contribution in [-0.4, -0.2) is 18.9 Å². The summed E-state index contributed by atoms with van der Waals surface area (Å²) in [5.74, 6) is 0.512. The Kier molecular flexibility index (Phi) is 3.09. The van der Waals surface area contributed by atoms with Crippen molar-refractivity contribution in [3.63, 3.8) is 0 Å². The van der Waals surface area contributed by atoms with Crippen LogP contribution in [0.1, 0.15) is 20.3 Å². The highest BCUT2D eigenvalue weighted by Crippen LogP contribution is 2.22. The Morgan fingerprint density at radius 3 is 3.00 bits per heavy atom. The summed E-state index contributed by atoms with van der Waals surface area (Å²) in [6.45, 7) is 4.99. The SMILES string of the molecule is CCC(C(C)C#N)C1CNC=N1. The van der Waals surface area contributed by atoms with E-state index in [4.69, 9.17) is 5.26 Å². The Morgan fingerprint density at radius 2 is 2.58 bits per heavy atom. The van der Waals surface area contributed by atoms with Crippen LogP contribution in [0.5, 0.6) is 0 Å². The molecule has 3 heteroatoms. The van der Waals surface area contributed by atoms with Crippen LogP contribution in [0, 0.1) is 23.2 Å². The Balaban J connectivity index is 2.56. The first-order chi connectivity index (χ1) is 5.79. The molecule has 0 aromatic carbocycles. The summed E-state index contributed by atoms with van der Waals surface area (Å²) in [5.41, 5.74) is 0. The third kappa shape index (κ3) is 1.76. The molecule has 0 aliphatic carbocycles. The molecule has 0 bridgehead atoms. The number of nitriles is 1. The second kappa shape index (κ2) is 4.10. The van der Waals surface area contributed by atoms with E-state index in [0.717, 1.165) is 13.0 Å². The molecule has 0 aromatic heterocycles. The summed E-state index contributed by atoms with van der Waals surface area (Å²) in [7, 11) is 0. The van der Waals surface area contributed by atoms with Gasteiger partial charge in [-0.2, -0.15) is 5.26 Å². The molecule has 1 aliphatic rings. The fourth-order valence-corrected chi connectivity index (χ4v) is 1.69. The Labute approximate surface area is 73.5 Å². The van der Waals surface area contributed by atoms with E-state index in [1.807, 2.05) is 6.92 Å². The molecular weight excluding hydrogens is 150 g/mol. The van der Waals surface area contributed by atoms with Crippen LogP contribution in [0.4, 0.5) is 0 Å². The third-order valence-electron chi connectivity index (χ3n) is 2.50. The average molecular weight is 165 g/mol. The van der Waals surface area contributed by atoms with Crippen LogP contribution in [0.15, 0.2) is 4.99 Å². The second-order valence-electron chi connectivity index (χ2n) is 3.24. The van der Waals surface area contributed by atoms with Crippen molar-refractivity contribution < 1.29 is 0 Å². The zero-order valence-corrected chi connectivity index (χ0v) is 7.62. The zero-order valence-electron chi connectivity index (χ0n) is 7.62. The van der Waals surface area contributed by atoms with Crippen LogP contribution < -0.4 is 5.32 Å². The largest absolute Gasteiger partial charge is 0.374 e. The Hall–Kier alpha value is -1.04. The molecule has 0 fully saturated rings. The van der Waals surface area contributed by atoms with E-state index in [2.05, 4.69) is 23.3 Å². The molecule has 66 valence electrons. The summed E-state index contributed by atoms with van der Waals surface area (Å²) >= 11 is 0. The van der Waals surface area contributed by atoms with Gasteiger partial charge < -0.3 is 5.32 Å². The van der Waals surface area contributed by atoms with E-state index in [9.17, 15) is 0 Å². The van der Waals surface area contributed by atoms with Gasteiger partial charge in [0.1, 0.15) is 0 Å². The number of hydrogen-bond donors (Lipinski definition) is 1. The van der Waals surface area contributed by atoms with Gasteiger partial charge in [0.25, 0.3) is 0 Å². The number of aliphatic imine (C=N–C) groups is 1. The zero-order chi connectivity index (χ0) is 8.97. The maximum Gasteiger partial charge on any atom is 0.0828 e. The van der Waals surface area contributed by atoms with Crippen LogP contribution >= 0.6 is 0 Å². The van der Waals surface area contributed by atoms with Crippen molar-refractivity contribution in [2.45, 2.75) is 26.3 Å². The Bertz CT molecular complexity index is 204. The minimum atomic E-state index is 0.108. The molecule has 1 heterocycles. The summed E-state index contributed by atoms with van der Waals surface area (Å²) in [4.78, 5) is 4.29. The third-order valence-corrected chi connectivity index (χ3v) is 2.50. The fourth-order valence-electron chi connectivity index (χ4n) is 1.69. The lowest BCUT2D eigenvalue weighted by Crippen LogP contribution is -2.28. The summed E-state index contributed by atoms with van der Waals surface area (Å²) < 4.78 is 0. The number of rotatable bonds is 3. The van der Waals surface area contributed by atoms with Gasteiger partial charge in [0.2, 0.25) is 0 Å². The van der Waals surface area contributed by atoms with Gasteiger partial charge in [0, 0.05) is 12.5 Å². The molecule has 0 amide bonds. The predicted molar refractivity (Wildman–Crippen MR) is 48.8 cm³/mol. The molecular formula is C9H15N3. The highest BCUT2D eigenvalue weighted by Gasteiger charge is 2.25. The fraction of sp³-hybridized carbons (Fsp3) is 0.778. The first kappa shape index (κ1) is 9.05. The molecule has 0 saturated carbocycles. The van der Waals surface area contributed by atoms with Crippen molar-refractivity contribution in [1.29, 1.82) is 5.26 Å². The minimum absolute atomic E-state index is 0.108. The quantitative estimate of drug-likeness (QED) is 0.682. The normalized spacial score (nSPS) is 25.9. The van der Waals surface area contributed by atoms with Crippen molar-refractivity contribution in [3.05, 3.63) is 0 Å². The van der Waals surface area contributed by atoms with Crippen molar-refractivity contribution >= 4 is 6.34 Å². The van der Waals surface area contributed by atoms with Gasteiger partial charge in [-0.05, 0) is 19.3 Å². The van der Waals surface area contributed by atoms with E-state index in [-0.39, 0.29) is 5.92 Å². The lowest BCUT2D eigenvalue weighted by Gasteiger charge is -2.21. The topological polar surface area (TPSA) is 48.2 Å². The molecule has 12 heavy (non-hydrogen) atoms. The number of nitrogens with zero attached hydrogens (tertiary/aromatic N) is 2. The van der Waals surface area contributed by atoms with Crippen molar-refractivity contribution in [2.24, 2.45) is 16.8 Å². The van der Waals surface area contributed by atoms with Gasteiger partial charge >= 0.3 is 0 Å². The van der Waals surface area contributed by atoms with Gasteiger partial charge in [0.05, 0.1) is 18.4 Å². The molecule has 3 unspecified atom stereocenters. The summed E-state index contributed by atoms with van der Waals surface area (Å²) in [5, 5.41) is 11.8. The maximum atomic E-state index is 8.77. The molecule has 1 rings (SSSR count). The van der Waals surface area contributed by atoms with E-state index in [1.165, 1.54) is 0 Å². The Morgan fingerprint density at radius 1 is 1.83 bits per heavy atom.